The number of halogens is 2. The number of aliphatic hydroxyl groups excluding tert-OH is 2. The molecule has 0 aromatic rings. The smallest absolute Gasteiger partial charge is 0.240 e. The van der Waals surface area contributed by atoms with Crippen LogP contribution in [0.25, 0.3) is 0 Å². The highest BCUT2D eigenvalue weighted by molar-refractivity contribution is 6.20. The molecule has 4 rings (SSSR count). The molecule has 6 nitrogen and oxygen atoms in total. The van der Waals surface area contributed by atoms with Gasteiger partial charge in [0.15, 0.2) is 0 Å². The molecule has 1 aliphatic heterocycles. The van der Waals surface area contributed by atoms with Gasteiger partial charge < -0.3 is 15.5 Å². The van der Waals surface area contributed by atoms with Crippen molar-refractivity contribution < 1.29 is 24.2 Å². The highest BCUT2D eigenvalue weighted by Gasteiger charge is 2.50. The lowest BCUT2D eigenvalue weighted by molar-refractivity contribution is -0.184. The molecule has 0 spiro atoms. The molecule has 3 aliphatic carbocycles. The van der Waals surface area contributed by atoms with Crippen molar-refractivity contribution in [2.45, 2.75) is 120 Å². The average molecular weight is 555 g/mol. The van der Waals surface area contributed by atoms with Gasteiger partial charge in [-0.15, -0.1) is 11.6 Å². The summed E-state index contributed by atoms with van der Waals surface area (Å²) in [6, 6.07) is -0.679. The Morgan fingerprint density at radius 3 is 2.58 bits per heavy atom. The van der Waals surface area contributed by atoms with E-state index in [1.54, 1.807) is 12.0 Å². The van der Waals surface area contributed by atoms with Gasteiger partial charge in [-0.2, -0.15) is 5.06 Å². The van der Waals surface area contributed by atoms with E-state index in [4.69, 9.17) is 16.4 Å². The Labute approximate surface area is 233 Å². The fourth-order valence-corrected chi connectivity index (χ4v) is 7.41. The van der Waals surface area contributed by atoms with Gasteiger partial charge in [0.05, 0.1) is 12.7 Å². The van der Waals surface area contributed by atoms with Crippen LogP contribution in [0, 0.1) is 41.4 Å². The molecule has 8 atom stereocenters. The van der Waals surface area contributed by atoms with Gasteiger partial charge in [-0.25, -0.2) is 4.39 Å². The van der Waals surface area contributed by atoms with Crippen molar-refractivity contribution in [3.63, 3.8) is 0 Å². The second-order valence-corrected chi connectivity index (χ2v) is 12.9. The van der Waals surface area contributed by atoms with Crippen molar-refractivity contribution in [1.82, 2.24) is 10.4 Å². The number of alkyl halides is 2. The Bertz CT molecular complexity index is 812. The van der Waals surface area contributed by atoms with Gasteiger partial charge in [0.25, 0.3) is 0 Å². The molecule has 0 bridgehead atoms. The summed E-state index contributed by atoms with van der Waals surface area (Å²) in [5.74, 6) is 7.69. The number of carbonyl (C=O) groups excluding carboxylic acids is 1. The van der Waals surface area contributed by atoms with Crippen molar-refractivity contribution in [3.8, 4) is 11.8 Å². The Kier molecular flexibility index (Phi) is 11.6. The monoisotopic (exact) mass is 554 g/mol. The van der Waals surface area contributed by atoms with Crippen LogP contribution in [-0.4, -0.2) is 70.7 Å². The van der Waals surface area contributed by atoms with Crippen LogP contribution in [0.1, 0.15) is 90.4 Å². The number of hydrogen-bond donors (Lipinski definition) is 3. The largest absolute Gasteiger partial charge is 0.394 e. The quantitative estimate of drug-likeness (QED) is 0.302. The van der Waals surface area contributed by atoms with Gasteiger partial charge in [-0.1, -0.05) is 37.5 Å². The van der Waals surface area contributed by atoms with Crippen LogP contribution in [0.2, 0.25) is 0 Å². The van der Waals surface area contributed by atoms with Crippen LogP contribution in [0.15, 0.2) is 0 Å². The Hall–Kier alpha value is -0.910. The minimum Gasteiger partial charge on any atom is -0.394 e. The van der Waals surface area contributed by atoms with Crippen molar-refractivity contribution in [2.24, 2.45) is 29.6 Å². The van der Waals surface area contributed by atoms with Crippen LogP contribution in [0.3, 0.4) is 0 Å². The molecule has 216 valence electrons. The summed E-state index contributed by atoms with van der Waals surface area (Å²) in [7, 11) is 0. The van der Waals surface area contributed by atoms with Gasteiger partial charge in [-0.3, -0.25) is 9.63 Å². The van der Waals surface area contributed by atoms with E-state index in [2.05, 4.69) is 17.2 Å². The third-order valence-corrected chi connectivity index (χ3v) is 9.84. The minimum atomic E-state index is -0.808. The van der Waals surface area contributed by atoms with E-state index < -0.39 is 30.3 Å². The highest BCUT2D eigenvalue weighted by Crippen LogP contribution is 2.37. The SMILES string of the molecule is C[C@H](O)[C@@H]1[C@H](CO)ON(CC2CCCCC2C#CC2CCC(Cl)CC2)[C@@H]1C(=O)NCCC1CCCC(F)C1. The Morgan fingerprint density at radius 2 is 1.87 bits per heavy atom. The summed E-state index contributed by atoms with van der Waals surface area (Å²) in [4.78, 5) is 19.6. The second kappa shape index (κ2) is 14.6. The third-order valence-electron chi connectivity index (χ3n) is 9.40. The lowest BCUT2D eigenvalue weighted by Gasteiger charge is -2.34. The lowest BCUT2D eigenvalue weighted by Crippen LogP contribution is -2.50. The zero-order valence-electron chi connectivity index (χ0n) is 23.0. The van der Waals surface area contributed by atoms with Crippen molar-refractivity contribution in [2.75, 3.05) is 19.7 Å². The van der Waals surface area contributed by atoms with E-state index >= 15 is 0 Å². The van der Waals surface area contributed by atoms with E-state index in [9.17, 15) is 19.4 Å². The molecule has 4 fully saturated rings. The first-order chi connectivity index (χ1) is 18.4. The maximum Gasteiger partial charge on any atom is 0.240 e. The Balaban J connectivity index is 1.40. The van der Waals surface area contributed by atoms with Crippen molar-refractivity contribution in [3.05, 3.63) is 0 Å². The normalized spacial score (nSPS) is 39.2. The summed E-state index contributed by atoms with van der Waals surface area (Å²) in [5.41, 5.74) is 0. The third kappa shape index (κ3) is 8.07. The molecule has 8 heteroatoms. The highest BCUT2D eigenvalue weighted by atomic mass is 35.5. The summed E-state index contributed by atoms with van der Waals surface area (Å²) >= 11 is 6.27. The lowest BCUT2D eigenvalue weighted by atomic mass is 9.78. The van der Waals surface area contributed by atoms with E-state index in [1.807, 2.05) is 0 Å². The zero-order valence-corrected chi connectivity index (χ0v) is 23.8. The second-order valence-electron chi connectivity index (χ2n) is 12.3. The molecule has 4 unspecified atom stereocenters. The first kappa shape index (κ1) is 30.1. The molecule has 0 aromatic carbocycles. The van der Waals surface area contributed by atoms with Crippen LogP contribution in [-0.2, 0) is 9.63 Å². The van der Waals surface area contributed by atoms with E-state index in [0.717, 1.165) is 70.6 Å². The van der Waals surface area contributed by atoms with Crippen LogP contribution in [0.5, 0.6) is 0 Å². The fourth-order valence-electron chi connectivity index (χ4n) is 7.16. The number of amides is 1. The molecule has 0 aromatic heterocycles. The van der Waals surface area contributed by atoms with Crippen LogP contribution in [0.4, 0.5) is 4.39 Å². The predicted molar refractivity (Wildman–Crippen MR) is 147 cm³/mol. The molecule has 3 saturated carbocycles. The first-order valence-corrected chi connectivity index (χ1v) is 15.6. The fraction of sp³-hybridized carbons (Fsp3) is 0.900. The van der Waals surface area contributed by atoms with Gasteiger partial charge in [0, 0.05) is 36.2 Å². The molecule has 38 heavy (non-hydrogen) atoms. The zero-order chi connectivity index (χ0) is 27.1. The van der Waals surface area contributed by atoms with Crippen LogP contribution >= 0.6 is 11.6 Å². The number of hydrogen-bond acceptors (Lipinski definition) is 5. The molecule has 3 N–H and O–H groups in total. The molecular formula is C30H48ClFN2O4. The molecule has 1 amide bonds. The van der Waals surface area contributed by atoms with Crippen LogP contribution < -0.4 is 5.32 Å². The predicted octanol–water partition coefficient (Wildman–Crippen LogP) is 4.60. The summed E-state index contributed by atoms with van der Waals surface area (Å²) in [6.45, 7) is 2.44. The number of carbonyl (C=O) groups is 1. The van der Waals surface area contributed by atoms with Crippen molar-refractivity contribution >= 4 is 17.5 Å². The number of rotatable bonds is 8. The maximum absolute atomic E-state index is 13.8. The summed E-state index contributed by atoms with van der Waals surface area (Å²) in [5, 5.41) is 25.7. The number of nitrogens with one attached hydrogen (secondary N) is 1. The van der Waals surface area contributed by atoms with E-state index in [0.29, 0.717) is 37.8 Å². The maximum atomic E-state index is 13.8. The molecule has 0 radical (unpaired) electrons. The first-order valence-electron chi connectivity index (χ1n) is 15.1. The number of aliphatic hydroxyl groups is 2. The van der Waals surface area contributed by atoms with Gasteiger partial charge in [0.2, 0.25) is 5.91 Å². The molecule has 1 saturated heterocycles. The number of hydroxylamine groups is 2. The molecule has 1 heterocycles. The van der Waals surface area contributed by atoms with Gasteiger partial charge >= 0.3 is 0 Å². The van der Waals surface area contributed by atoms with Gasteiger partial charge in [-0.05, 0) is 76.5 Å². The molecular weight excluding hydrogens is 507 g/mol. The minimum absolute atomic E-state index is 0.185. The van der Waals surface area contributed by atoms with Gasteiger partial charge in [0.1, 0.15) is 18.3 Å². The average Bonchev–Trinajstić information content (AvgIpc) is 3.28. The van der Waals surface area contributed by atoms with Crippen molar-refractivity contribution in [1.29, 1.82) is 0 Å². The summed E-state index contributed by atoms with van der Waals surface area (Å²) in [6.07, 6.45) is 10.3. The van der Waals surface area contributed by atoms with E-state index in [-0.39, 0.29) is 29.7 Å². The van der Waals surface area contributed by atoms with E-state index in [1.165, 1.54) is 0 Å². The molecule has 4 aliphatic rings. The Morgan fingerprint density at radius 1 is 1.11 bits per heavy atom. The summed E-state index contributed by atoms with van der Waals surface area (Å²) < 4.78 is 13.8. The standard InChI is InChI=1S/C30H48ClFN2O4/c1-20(36)28-27(19-35)38-34(29(28)30(37)33-16-15-22-5-4-8-26(32)17-22)18-24-7-3-2-6-23(24)12-9-21-10-13-25(31)14-11-21/h20-29,35-36H,2-8,10-11,13-19H2,1H3,(H,33,37)/t20-,21?,22?,23?,24?,25?,26?,27-,28+,29-/m0/s1. The topological polar surface area (TPSA) is 82.0 Å². The number of nitrogens with zero attached hydrogens (tertiary/aromatic N) is 1.